The van der Waals surface area contributed by atoms with Gasteiger partial charge in [0.15, 0.2) is 5.13 Å². The number of thiazole rings is 1. The number of anilines is 1. The van der Waals surface area contributed by atoms with Crippen molar-refractivity contribution in [3.05, 3.63) is 48.0 Å². The molecule has 222 valence electrons. The third kappa shape index (κ3) is 6.97. The van der Waals surface area contributed by atoms with Crippen LogP contribution in [0.3, 0.4) is 0 Å². The van der Waals surface area contributed by atoms with Crippen LogP contribution in [-0.2, 0) is 14.8 Å². The van der Waals surface area contributed by atoms with Crippen molar-refractivity contribution in [2.45, 2.75) is 25.7 Å². The lowest BCUT2D eigenvalue weighted by molar-refractivity contribution is 0.0933. The summed E-state index contributed by atoms with van der Waals surface area (Å²) in [5.41, 5.74) is 1.14. The molecule has 0 aliphatic carbocycles. The molecule has 1 aromatic heterocycles. The van der Waals surface area contributed by atoms with Gasteiger partial charge in [0.1, 0.15) is 5.75 Å². The summed E-state index contributed by atoms with van der Waals surface area (Å²) in [4.78, 5) is 36.0. The number of carbonyl (C=O) groups excluding carboxylic acids is 2. The number of piperazine rings is 1. The molecule has 2 heterocycles. The lowest BCUT2D eigenvalue weighted by Gasteiger charge is -2.33. The number of ether oxygens (including phenoxy) is 2. The second-order valence-electron chi connectivity index (χ2n) is 9.43. The Bertz CT molecular complexity index is 1450. The highest BCUT2D eigenvalue weighted by Crippen LogP contribution is 2.32. The number of benzene rings is 2. The van der Waals surface area contributed by atoms with Crippen molar-refractivity contribution < 1.29 is 27.5 Å². The standard InChI is InChI=1S/C28H37N5O6S2/c1-5-30(6-2)14-19-33(27-29-24-13-10-22(38-4)20-25(24)40-27)26(34)21-8-11-23(12-9-21)41(36,37)32-17-15-31(16-18-32)28(35)39-7-3/h8-13,20H,5-7,14-19H2,1-4H3. The summed E-state index contributed by atoms with van der Waals surface area (Å²) in [6.07, 6.45) is -0.440. The average molecular weight is 604 g/mol. The lowest BCUT2D eigenvalue weighted by atomic mass is 10.2. The van der Waals surface area contributed by atoms with Crippen LogP contribution in [0.25, 0.3) is 10.2 Å². The maximum absolute atomic E-state index is 13.8. The Hall–Kier alpha value is -3.26. The Labute approximate surface area is 245 Å². The maximum atomic E-state index is 13.8. The third-order valence-corrected chi connectivity index (χ3v) is 10.1. The summed E-state index contributed by atoms with van der Waals surface area (Å²) in [7, 11) is -2.18. The van der Waals surface area contributed by atoms with E-state index in [1.807, 2.05) is 18.2 Å². The summed E-state index contributed by atoms with van der Waals surface area (Å²) in [5.74, 6) is 0.461. The van der Waals surface area contributed by atoms with E-state index in [9.17, 15) is 18.0 Å². The van der Waals surface area contributed by atoms with Gasteiger partial charge in [0, 0.05) is 44.8 Å². The molecule has 41 heavy (non-hydrogen) atoms. The first-order valence-corrected chi connectivity index (χ1v) is 16.0. The fourth-order valence-corrected chi connectivity index (χ4v) is 7.04. The minimum atomic E-state index is -3.79. The van der Waals surface area contributed by atoms with Gasteiger partial charge in [0.2, 0.25) is 10.0 Å². The molecular weight excluding hydrogens is 566 g/mol. The topological polar surface area (TPSA) is 113 Å². The SMILES string of the molecule is CCOC(=O)N1CCN(S(=O)(=O)c2ccc(C(=O)N(CCN(CC)CC)c3nc4ccc(OC)cc4s3)cc2)CC1. The predicted molar refractivity (Wildman–Crippen MR) is 159 cm³/mol. The van der Waals surface area contributed by atoms with Crippen molar-refractivity contribution in [1.29, 1.82) is 0 Å². The van der Waals surface area contributed by atoms with Crippen LogP contribution in [0.15, 0.2) is 47.4 Å². The summed E-state index contributed by atoms with van der Waals surface area (Å²) in [5, 5.41) is 0.571. The molecule has 2 aromatic carbocycles. The summed E-state index contributed by atoms with van der Waals surface area (Å²) in [6, 6.07) is 11.6. The molecule has 1 fully saturated rings. The first-order valence-electron chi connectivity index (χ1n) is 13.7. The lowest BCUT2D eigenvalue weighted by Crippen LogP contribution is -2.50. The highest BCUT2D eigenvalue weighted by Gasteiger charge is 2.31. The van der Waals surface area contributed by atoms with Gasteiger partial charge in [-0.15, -0.1) is 0 Å². The second-order valence-corrected chi connectivity index (χ2v) is 12.4. The monoisotopic (exact) mass is 603 g/mol. The second kappa shape index (κ2) is 13.6. The summed E-state index contributed by atoms with van der Waals surface area (Å²) < 4.78 is 39.2. The van der Waals surface area contributed by atoms with Gasteiger partial charge in [0.25, 0.3) is 5.91 Å². The maximum Gasteiger partial charge on any atom is 0.409 e. The number of likely N-dealkylation sites (N-methyl/N-ethyl adjacent to an activating group) is 1. The van der Waals surface area contributed by atoms with Crippen LogP contribution in [0.5, 0.6) is 5.75 Å². The number of nitrogens with zero attached hydrogens (tertiary/aromatic N) is 5. The minimum Gasteiger partial charge on any atom is -0.497 e. The van der Waals surface area contributed by atoms with Crippen molar-refractivity contribution in [3.8, 4) is 5.75 Å². The number of hydrogen-bond donors (Lipinski definition) is 0. The van der Waals surface area contributed by atoms with Crippen molar-refractivity contribution in [1.82, 2.24) is 19.1 Å². The zero-order valence-corrected chi connectivity index (χ0v) is 25.5. The van der Waals surface area contributed by atoms with Gasteiger partial charge in [-0.05, 0) is 62.5 Å². The summed E-state index contributed by atoms with van der Waals surface area (Å²) >= 11 is 1.41. The number of hydrogen-bond acceptors (Lipinski definition) is 9. The van der Waals surface area contributed by atoms with Crippen molar-refractivity contribution in [2.24, 2.45) is 0 Å². The molecule has 2 amide bonds. The van der Waals surface area contributed by atoms with Gasteiger partial charge < -0.3 is 19.3 Å². The van der Waals surface area contributed by atoms with Crippen LogP contribution in [-0.4, -0.2) is 106 Å². The zero-order valence-electron chi connectivity index (χ0n) is 23.9. The molecule has 3 aromatic rings. The molecule has 1 aliphatic rings. The Kier molecular flexibility index (Phi) is 10.2. The van der Waals surface area contributed by atoms with Crippen molar-refractivity contribution in [2.75, 3.05) is 71.0 Å². The molecule has 11 nitrogen and oxygen atoms in total. The average Bonchev–Trinajstić information content (AvgIpc) is 3.42. The first kappa shape index (κ1) is 30.7. The molecule has 0 spiro atoms. The van der Waals surface area contributed by atoms with Crippen LogP contribution in [0, 0.1) is 0 Å². The van der Waals surface area contributed by atoms with E-state index in [1.54, 1.807) is 31.1 Å². The largest absolute Gasteiger partial charge is 0.497 e. The van der Waals surface area contributed by atoms with E-state index < -0.39 is 16.1 Å². The number of aromatic nitrogens is 1. The van der Waals surface area contributed by atoms with E-state index in [0.29, 0.717) is 29.5 Å². The van der Waals surface area contributed by atoms with Gasteiger partial charge in [0.05, 0.1) is 28.8 Å². The van der Waals surface area contributed by atoms with Crippen LogP contribution in [0.1, 0.15) is 31.1 Å². The minimum absolute atomic E-state index is 0.0976. The Morgan fingerprint density at radius 2 is 1.66 bits per heavy atom. The fraction of sp³-hybridized carbons (Fsp3) is 0.464. The van der Waals surface area contributed by atoms with E-state index in [1.165, 1.54) is 32.7 Å². The van der Waals surface area contributed by atoms with Gasteiger partial charge in [-0.25, -0.2) is 18.2 Å². The van der Waals surface area contributed by atoms with E-state index in [-0.39, 0.29) is 43.6 Å². The van der Waals surface area contributed by atoms with Gasteiger partial charge in [-0.2, -0.15) is 4.31 Å². The molecule has 0 atom stereocenters. The Morgan fingerprint density at radius 1 is 0.976 bits per heavy atom. The quantitative estimate of drug-likeness (QED) is 0.326. The number of methoxy groups -OCH3 is 1. The van der Waals surface area contributed by atoms with Crippen molar-refractivity contribution in [3.63, 3.8) is 0 Å². The van der Waals surface area contributed by atoms with Gasteiger partial charge >= 0.3 is 6.09 Å². The van der Waals surface area contributed by atoms with E-state index in [0.717, 1.165) is 23.3 Å². The van der Waals surface area contributed by atoms with Crippen molar-refractivity contribution >= 4 is 48.7 Å². The molecule has 0 N–H and O–H groups in total. The smallest absolute Gasteiger partial charge is 0.409 e. The fourth-order valence-electron chi connectivity index (χ4n) is 4.60. The van der Waals surface area contributed by atoms with Crippen LogP contribution < -0.4 is 9.64 Å². The van der Waals surface area contributed by atoms with E-state index in [2.05, 4.69) is 18.7 Å². The van der Waals surface area contributed by atoms with Crippen LogP contribution >= 0.6 is 11.3 Å². The molecule has 0 radical (unpaired) electrons. The molecule has 4 rings (SSSR count). The Morgan fingerprint density at radius 3 is 2.27 bits per heavy atom. The normalized spacial score (nSPS) is 14.4. The molecule has 0 unspecified atom stereocenters. The Balaban J connectivity index is 1.54. The molecule has 1 saturated heterocycles. The molecule has 13 heteroatoms. The molecular formula is C28H37N5O6S2. The van der Waals surface area contributed by atoms with Gasteiger partial charge in [-0.3, -0.25) is 9.69 Å². The highest BCUT2D eigenvalue weighted by molar-refractivity contribution is 7.89. The number of carbonyl (C=O) groups is 2. The van der Waals surface area contributed by atoms with Crippen LogP contribution in [0.2, 0.25) is 0 Å². The first-order chi connectivity index (χ1) is 19.7. The van der Waals surface area contributed by atoms with Crippen LogP contribution in [0.4, 0.5) is 9.93 Å². The number of fused-ring (bicyclic) bond motifs is 1. The summed E-state index contributed by atoms with van der Waals surface area (Å²) in [6.45, 7) is 9.82. The zero-order chi connectivity index (χ0) is 29.6. The highest BCUT2D eigenvalue weighted by atomic mass is 32.2. The number of sulfonamides is 1. The van der Waals surface area contributed by atoms with Gasteiger partial charge in [-0.1, -0.05) is 25.2 Å². The predicted octanol–water partition coefficient (Wildman–Crippen LogP) is 3.76. The molecule has 0 bridgehead atoms. The molecule has 1 aliphatic heterocycles. The van der Waals surface area contributed by atoms with E-state index >= 15 is 0 Å². The number of rotatable bonds is 11. The van der Waals surface area contributed by atoms with E-state index in [4.69, 9.17) is 14.5 Å². The molecule has 0 saturated carbocycles. The number of amides is 2. The third-order valence-electron chi connectivity index (χ3n) is 7.10.